The number of hydrogen-bond donors (Lipinski definition) is 2. The summed E-state index contributed by atoms with van der Waals surface area (Å²) in [7, 11) is 0. The molecule has 1 unspecified atom stereocenters. The molecule has 0 saturated carbocycles. The first-order valence-electron chi connectivity index (χ1n) is 5.55. The van der Waals surface area contributed by atoms with E-state index >= 15 is 0 Å². The minimum Gasteiger partial charge on any atom is -0.391 e. The summed E-state index contributed by atoms with van der Waals surface area (Å²) < 4.78 is 25.7. The number of halogens is 2. The van der Waals surface area contributed by atoms with Gasteiger partial charge in [0.15, 0.2) is 11.6 Å². The zero-order valence-electron chi connectivity index (χ0n) is 9.47. The third-order valence-electron chi connectivity index (χ3n) is 2.51. The van der Waals surface area contributed by atoms with Gasteiger partial charge in [0, 0.05) is 5.56 Å². The van der Waals surface area contributed by atoms with Gasteiger partial charge in [-0.15, -0.1) is 0 Å². The molecule has 0 aromatic heterocycles. The van der Waals surface area contributed by atoms with Crippen LogP contribution in [-0.2, 0) is 6.54 Å². The summed E-state index contributed by atoms with van der Waals surface area (Å²) in [5, 5.41) is 8.89. The highest BCUT2D eigenvalue weighted by Gasteiger charge is 2.10. The molecule has 16 heavy (non-hydrogen) atoms. The second-order valence-corrected chi connectivity index (χ2v) is 3.90. The van der Waals surface area contributed by atoms with Crippen LogP contribution in [0.2, 0.25) is 0 Å². The van der Waals surface area contributed by atoms with Gasteiger partial charge in [0.05, 0.1) is 13.2 Å². The van der Waals surface area contributed by atoms with Gasteiger partial charge in [-0.2, -0.15) is 0 Å². The summed E-state index contributed by atoms with van der Waals surface area (Å²) >= 11 is 0. The Labute approximate surface area is 94.5 Å². The number of benzene rings is 1. The van der Waals surface area contributed by atoms with E-state index in [1.165, 1.54) is 11.0 Å². The van der Waals surface area contributed by atoms with Crippen LogP contribution in [0.1, 0.15) is 18.9 Å². The van der Waals surface area contributed by atoms with E-state index < -0.39 is 11.6 Å². The fraction of sp³-hybridized carbons (Fsp3) is 0.500. The Balaban J connectivity index is 2.65. The van der Waals surface area contributed by atoms with Crippen LogP contribution < -0.4 is 4.90 Å². The second kappa shape index (κ2) is 6.55. The van der Waals surface area contributed by atoms with Gasteiger partial charge < -0.3 is 10.0 Å². The molecule has 0 fully saturated rings. The van der Waals surface area contributed by atoms with Crippen molar-refractivity contribution in [1.82, 2.24) is 0 Å². The maximum absolute atomic E-state index is 13.0. The quantitative estimate of drug-likeness (QED) is 0.740. The van der Waals surface area contributed by atoms with Crippen molar-refractivity contribution in [3.63, 3.8) is 0 Å². The predicted molar refractivity (Wildman–Crippen MR) is 58.1 cm³/mol. The maximum atomic E-state index is 13.0. The molecule has 0 saturated heterocycles. The molecule has 0 bridgehead atoms. The molecule has 2 N–H and O–H groups in total. The molecule has 0 radical (unpaired) electrons. The lowest BCUT2D eigenvalue weighted by atomic mass is 10.2. The zero-order valence-corrected chi connectivity index (χ0v) is 9.47. The first-order chi connectivity index (χ1) is 7.67. The van der Waals surface area contributed by atoms with Crippen molar-refractivity contribution in [3.8, 4) is 0 Å². The van der Waals surface area contributed by atoms with E-state index in [9.17, 15) is 8.78 Å². The molecule has 0 spiro atoms. The molecule has 0 aliphatic carbocycles. The lowest BCUT2D eigenvalue weighted by Gasteiger charge is -2.17. The zero-order chi connectivity index (χ0) is 12.0. The van der Waals surface area contributed by atoms with Crippen LogP contribution in [0.4, 0.5) is 8.78 Å². The maximum Gasteiger partial charge on any atom is 0.159 e. The van der Waals surface area contributed by atoms with Gasteiger partial charge >= 0.3 is 0 Å². The smallest absolute Gasteiger partial charge is 0.159 e. The molecule has 90 valence electrons. The number of rotatable bonds is 6. The minimum absolute atomic E-state index is 0.110. The Bertz CT molecular complexity index is 325. The average molecular weight is 230 g/mol. The fourth-order valence-electron chi connectivity index (χ4n) is 1.75. The van der Waals surface area contributed by atoms with E-state index in [0.29, 0.717) is 13.1 Å². The number of aliphatic hydroxyl groups excluding tert-OH is 1. The third kappa shape index (κ3) is 3.87. The van der Waals surface area contributed by atoms with Crippen molar-refractivity contribution < 1.29 is 18.8 Å². The number of hydrogen-bond acceptors (Lipinski definition) is 1. The fourth-order valence-corrected chi connectivity index (χ4v) is 1.75. The van der Waals surface area contributed by atoms with Crippen molar-refractivity contribution in [2.75, 3.05) is 19.7 Å². The van der Waals surface area contributed by atoms with E-state index in [2.05, 4.69) is 6.92 Å². The number of quaternary nitrogens is 1. The van der Waals surface area contributed by atoms with Crippen molar-refractivity contribution >= 4 is 0 Å². The van der Waals surface area contributed by atoms with Crippen LogP contribution in [0.3, 0.4) is 0 Å². The van der Waals surface area contributed by atoms with Gasteiger partial charge in [-0.3, -0.25) is 0 Å². The highest BCUT2D eigenvalue weighted by Crippen LogP contribution is 2.07. The largest absolute Gasteiger partial charge is 0.391 e. The Morgan fingerprint density at radius 1 is 1.19 bits per heavy atom. The lowest BCUT2D eigenvalue weighted by molar-refractivity contribution is -0.914. The van der Waals surface area contributed by atoms with Gasteiger partial charge in [-0.05, 0) is 18.6 Å². The first-order valence-corrected chi connectivity index (χ1v) is 5.55. The van der Waals surface area contributed by atoms with E-state index in [1.807, 2.05) is 0 Å². The van der Waals surface area contributed by atoms with Crippen molar-refractivity contribution in [1.29, 1.82) is 0 Å². The Hall–Kier alpha value is -1.00. The third-order valence-corrected chi connectivity index (χ3v) is 2.51. The van der Waals surface area contributed by atoms with E-state index in [4.69, 9.17) is 5.11 Å². The molecule has 0 aliphatic rings. The minimum atomic E-state index is -0.817. The molecular weight excluding hydrogens is 212 g/mol. The van der Waals surface area contributed by atoms with Crippen LogP contribution in [0.25, 0.3) is 0 Å². The number of aliphatic hydroxyl groups is 1. The van der Waals surface area contributed by atoms with E-state index in [-0.39, 0.29) is 6.61 Å². The van der Waals surface area contributed by atoms with E-state index in [0.717, 1.165) is 24.6 Å². The molecule has 0 amide bonds. The van der Waals surface area contributed by atoms with Gasteiger partial charge in [-0.25, -0.2) is 8.78 Å². The summed E-state index contributed by atoms with van der Waals surface area (Å²) in [6.45, 7) is 4.33. The van der Waals surface area contributed by atoms with Gasteiger partial charge in [0.2, 0.25) is 0 Å². The Morgan fingerprint density at radius 3 is 2.50 bits per heavy atom. The first kappa shape index (κ1) is 13.1. The standard InChI is InChI=1S/C12H17F2NO/c1-2-5-15(6-7-16)9-10-3-4-11(13)12(14)8-10/h3-4,8,16H,2,5-7,9H2,1H3/p+1. The molecular formula is C12H18F2NO+. The monoisotopic (exact) mass is 230 g/mol. The van der Waals surface area contributed by atoms with Crippen molar-refractivity contribution in [2.24, 2.45) is 0 Å². The SMILES string of the molecule is CCC[NH+](CCO)Cc1ccc(F)c(F)c1. The van der Waals surface area contributed by atoms with Gasteiger partial charge in [0.25, 0.3) is 0 Å². The molecule has 1 atom stereocenters. The lowest BCUT2D eigenvalue weighted by Crippen LogP contribution is -3.11. The van der Waals surface area contributed by atoms with E-state index in [1.54, 1.807) is 6.07 Å². The predicted octanol–water partition coefficient (Wildman–Crippen LogP) is 0.752. The topological polar surface area (TPSA) is 24.7 Å². The summed E-state index contributed by atoms with van der Waals surface area (Å²) in [4.78, 5) is 1.18. The Kier molecular flexibility index (Phi) is 5.35. The molecule has 2 nitrogen and oxygen atoms in total. The Morgan fingerprint density at radius 2 is 1.94 bits per heavy atom. The van der Waals surface area contributed by atoms with Crippen LogP contribution in [-0.4, -0.2) is 24.8 Å². The van der Waals surface area contributed by atoms with Gasteiger partial charge in [0.1, 0.15) is 13.1 Å². The highest BCUT2D eigenvalue weighted by molar-refractivity contribution is 5.16. The van der Waals surface area contributed by atoms with Gasteiger partial charge in [-0.1, -0.05) is 13.0 Å². The summed E-state index contributed by atoms with van der Waals surface area (Å²) in [5.74, 6) is -1.62. The average Bonchev–Trinajstić information content (AvgIpc) is 2.24. The number of nitrogens with one attached hydrogen (secondary N) is 1. The molecule has 0 aliphatic heterocycles. The molecule has 1 aromatic rings. The molecule has 4 heteroatoms. The molecule has 1 aromatic carbocycles. The highest BCUT2D eigenvalue weighted by atomic mass is 19.2. The van der Waals surface area contributed by atoms with Crippen molar-refractivity contribution in [3.05, 3.63) is 35.4 Å². The van der Waals surface area contributed by atoms with Crippen LogP contribution in [0.5, 0.6) is 0 Å². The van der Waals surface area contributed by atoms with Crippen molar-refractivity contribution in [2.45, 2.75) is 19.9 Å². The normalized spacial score (nSPS) is 12.8. The molecule has 0 heterocycles. The summed E-state index contributed by atoms with van der Waals surface area (Å²) in [6, 6.07) is 3.96. The second-order valence-electron chi connectivity index (χ2n) is 3.90. The molecule has 1 rings (SSSR count). The van der Waals surface area contributed by atoms with Crippen LogP contribution in [0.15, 0.2) is 18.2 Å². The van der Waals surface area contributed by atoms with Crippen LogP contribution >= 0.6 is 0 Å². The summed E-state index contributed by atoms with van der Waals surface area (Å²) in [6.07, 6.45) is 0.999. The summed E-state index contributed by atoms with van der Waals surface area (Å²) in [5.41, 5.74) is 0.760. The van der Waals surface area contributed by atoms with Crippen LogP contribution in [0, 0.1) is 11.6 Å².